The standard InChI is InChI=1S/C22H24N6O3S2/c1-27-13-15(12-24-27)20-10-18(7-8-23-20)31-17-5-6-19-21(11-17)32-22(26-19)25-16-4-3-9-28(14-16)33(2,29)30/h5-8,10-13,16H,3-4,9,14H2,1-2H3,(H,25,26)/t16-/m0/s1. The molecule has 0 radical (unpaired) electrons. The van der Waals surface area contributed by atoms with Gasteiger partial charge < -0.3 is 10.1 Å². The van der Waals surface area contributed by atoms with Crippen LogP contribution in [0.15, 0.2) is 48.9 Å². The highest BCUT2D eigenvalue weighted by atomic mass is 32.2. The van der Waals surface area contributed by atoms with Gasteiger partial charge in [0.05, 0.1) is 28.4 Å². The van der Waals surface area contributed by atoms with Gasteiger partial charge in [0, 0.05) is 56.3 Å². The van der Waals surface area contributed by atoms with Crippen LogP contribution in [0.1, 0.15) is 12.8 Å². The number of hydrogen-bond donors (Lipinski definition) is 1. The van der Waals surface area contributed by atoms with E-state index in [4.69, 9.17) is 4.74 Å². The second kappa shape index (κ2) is 8.73. The number of piperidine rings is 1. The Morgan fingerprint density at radius 2 is 2.06 bits per heavy atom. The molecule has 33 heavy (non-hydrogen) atoms. The van der Waals surface area contributed by atoms with Gasteiger partial charge in [-0.15, -0.1) is 0 Å². The first-order valence-corrected chi connectivity index (χ1v) is 13.3. The molecule has 0 aliphatic carbocycles. The van der Waals surface area contributed by atoms with Crippen molar-refractivity contribution in [1.29, 1.82) is 0 Å². The maximum atomic E-state index is 11.9. The molecule has 1 saturated heterocycles. The van der Waals surface area contributed by atoms with Gasteiger partial charge in [-0.25, -0.2) is 17.7 Å². The van der Waals surface area contributed by atoms with Crippen LogP contribution >= 0.6 is 11.3 Å². The number of benzene rings is 1. The molecular formula is C22H24N6O3S2. The van der Waals surface area contributed by atoms with Gasteiger partial charge in [-0.1, -0.05) is 11.3 Å². The van der Waals surface area contributed by atoms with Crippen LogP contribution in [-0.4, -0.2) is 57.9 Å². The lowest BCUT2D eigenvalue weighted by atomic mass is 10.1. The minimum absolute atomic E-state index is 0.0486. The van der Waals surface area contributed by atoms with Crippen molar-refractivity contribution in [2.75, 3.05) is 24.7 Å². The Morgan fingerprint density at radius 1 is 1.21 bits per heavy atom. The van der Waals surface area contributed by atoms with Gasteiger partial charge in [-0.2, -0.15) is 5.10 Å². The predicted octanol–water partition coefficient (Wildman–Crippen LogP) is 3.72. The van der Waals surface area contributed by atoms with E-state index in [9.17, 15) is 8.42 Å². The summed E-state index contributed by atoms with van der Waals surface area (Å²) in [5.41, 5.74) is 2.59. The highest BCUT2D eigenvalue weighted by Crippen LogP contribution is 2.33. The van der Waals surface area contributed by atoms with Crippen molar-refractivity contribution in [3.05, 3.63) is 48.9 Å². The summed E-state index contributed by atoms with van der Waals surface area (Å²) in [5.74, 6) is 1.40. The van der Waals surface area contributed by atoms with E-state index in [-0.39, 0.29) is 6.04 Å². The molecule has 4 heterocycles. The number of nitrogens with zero attached hydrogens (tertiary/aromatic N) is 5. The molecule has 1 fully saturated rings. The number of ether oxygens (including phenoxy) is 1. The molecule has 172 valence electrons. The van der Waals surface area contributed by atoms with Crippen LogP contribution in [0.4, 0.5) is 5.13 Å². The highest BCUT2D eigenvalue weighted by molar-refractivity contribution is 7.88. The van der Waals surface area contributed by atoms with Gasteiger partial charge in [0.1, 0.15) is 11.5 Å². The zero-order valence-electron chi connectivity index (χ0n) is 18.3. The molecule has 4 aromatic rings. The van der Waals surface area contributed by atoms with Crippen molar-refractivity contribution in [3.8, 4) is 22.8 Å². The van der Waals surface area contributed by atoms with E-state index in [1.165, 1.54) is 21.9 Å². The minimum atomic E-state index is -3.18. The normalized spacial score (nSPS) is 17.3. The lowest BCUT2D eigenvalue weighted by Gasteiger charge is -2.31. The van der Waals surface area contributed by atoms with E-state index in [0.29, 0.717) is 24.6 Å². The first kappa shape index (κ1) is 21.8. The molecule has 1 aromatic carbocycles. The number of aromatic nitrogens is 4. The summed E-state index contributed by atoms with van der Waals surface area (Å²) in [6.07, 6.45) is 8.40. The van der Waals surface area contributed by atoms with Crippen molar-refractivity contribution in [2.24, 2.45) is 7.05 Å². The number of hydrogen-bond acceptors (Lipinski definition) is 8. The van der Waals surface area contributed by atoms with Crippen molar-refractivity contribution in [1.82, 2.24) is 24.1 Å². The Balaban J connectivity index is 1.31. The zero-order chi connectivity index (χ0) is 23.0. The van der Waals surface area contributed by atoms with Crippen LogP contribution in [-0.2, 0) is 17.1 Å². The Labute approximate surface area is 196 Å². The van der Waals surface area contributed by atoms with Crippen LogP contribution < -0.4 is 10.1 Å². The third kappa shape index (κ3) is 5.00. The number of aryl methyl sites for hydroxylation is 1. The number of pyridine rings is 1. The largest absolute Gasteiger partial charge is 0.457 e. The predicted molar refractivity (Wildman–Crippen MR) is 129 cm³/mol. The molecular weight excluding hydrogens is 460 g/mol. The Hall–Kier alpha value is -3.02. The maximum absolute atomic E-state index is 11.9. The lowest BCUT2D eigenvalue weighted by molar-refractivity contribution is 0.329. The molecule has 3 aromatic heterocycles. The average molecular weight is 485 g/mol. The fourth-order valence-corrected chi connectivity index (χ4v) is 5.77. The van der Waals surface area contributed by atoms with Crippen LogP contribution in [0, 0.1) is 0 Å². The number of anilines is 1. The van der Waals surface area contributed by atoms with Gasteiger partial charge in [0.25, 0.3) is 0 Å². The van der Waals surface area contributed by atoms with Gasteiger partial charge in [-0.05, 0) is 31.0 Å². The second-order valence-corrected chi connectivity index (χ2v) is 11.1. The molecule has 5 rings (SSSR count). The SMILES string of the molecule is Cn1cc(-c2cc(Oc3ccc4nc(N[C@H]5CCCN(S(C)(=O)=O)C5)sc4c3)ccn2)cn1. The Bertz CT molecular complexity index is 1400. The number of sulfonamides is 1. The molecule has 1 atom stereocenters. The topological polar surface area (TPSA) is 102 Å². The first-order valence-electron chi connectivity index (χ1n) is 10.6. The van der Waals surface area contributed by atoms with Crippen molar-refractivity contribution in [2.45, 2.75) is 18.9 Å². The fraction of sp³-hybridized carbons (Fsp3) is 0.318. The summed E-state index contributed by atoms with van der Waals surface area (Å²) in [6, 6.07) is 9.54. The van der Waals surface area contributed by atoms with E-state index >= 15 is 0 Å². The molecule has 0 amide bonds. The summed E-state index contributed by atoms with van der Waals surface area (Å²) in [5, 5.41) is 8.39. The third-order valence-corrected chi connectivity index (χ3v) is 7.73. The second-order valence-electron chi connectivity index (χ2n) is 8.13. The zero-order valence-corrected chi connectivity index (χ0v) is 19.9. The van der Waals surface area contributed by atoms with Crippen LogP contribution in [0.25, 0.3) is 21.5 Å². The average Bonchev–Trinajstić information content (AvgIpc) is 3.39. The van der Waals surface area contributed by atoms with Crippen LogP contribution in [0.3, 0.4) is 0 Å². The van der Waals surface area contributed by atoms with Gasteiger partial charge in [-0.3, -0.25) is 9.67 Å². The summed E-state index contributed by atoms with van der Waals surface area (Å²) in [4.78, 5) is 9.07. The molecule has 0 unspecified atom stereocenters. The highest BCUT2D eigenvalue weighted by Gasteiger charge is 2.26. The summed E-state index contributed by atoms with van der Waals surface area (Å²) < 4.78 is 34.1. The minimum Gasteiger partial charge on any atom is -0.457 e. The maximum Gasteiger partial charge on any atom is 0.211 e. The van der Waals surface area contributed by atoms with Gasteiger partial charge >= 0.3 is 0 Å². The number of thiazole rings is 1. The Kier molecular flexibility index (Phi) is 5.77. The van der Waals surface area contributed by atoms with Crippen molar-refractivity contribution in [3.63, 3.8) is 0 Å². The summed E-state index contributed by atoms with van der Waals surface area (Å²) in [7, 11) is -1.31. The van der Waals surface area contributed by atoms with Gasteiger partial charge in [0.15, 0.2) is 5.13 Å². The number of nitrogens with one attached hydrogen (secondary N) is 1. The summed E-state index contributed by atoms with van der Waals surface area (Å²) >= 11 is 1.53. The third-order valence-electron chi connectivity index (χ3n) is 5.51. The fourth-order valence-electron chi connectivity index (χ4n) is 3.89. The van der Waals surface area contributed by atoms with E-state index in [2.05, 4.69) is 20.4 Å². The first-order chi connectivity index (χ1) is 15.8. The van der Waals surface area contributed by atoms with E-state index in [1.54, 1.807) is 17.1 Å². The smallest absolute Gasteiger partial charge is 0.211 e. The Morgan fingerprint density at radius 3 is 2.85 bits per heavy atom. The van der Waals surface area contributed by atoms with Crippen LogP contribution in [0.2, 0.25) is 0 Å². The van der Waals surface area contributed by atoms with Crippen molar-refractivity contribution >= 4 is 36.7 Å². The van der Waals surface area contributed by atoms with E-state index < -0.39 is 10.0 Å². The molecule has 11 heteroatoms. The molecule has 1 aliphatic rings. The van der Waals surface area contributed by atoms with Crippen LogP contribution in [0.5, 0.6) is 11.5 Å². The number of rotatable bonds is 6. The quantitative estimate of drug-likeness (QED) is 0.445. The molecule has 0 saturated carbocycles. The summed E-state index contributed by atoms with van der Waals surface area (Å²) in [6.45, 7) is 1.04. The van der Waals surface area contributed by atoms with Gasteiger partial charge in [0.2, 0.25) is 10.0 Å². The van der Waals surface area contributed by atoms with Crippen molar-refractivity contribution < 1.29 is 13.2 Å². The lowest BCUT2D eigenvalue weighted by Crippen LogP contribution is -2.44. The number of fused-ring (bicyclic) bond motifs is 1. The molecule has 0 spiro atoms. The molecule has 1 aliphatic heterocycles. The molecule has 1 N–H and O–H groups in total. The molecule has 0 bridgehead atoms. The molecule has 9 nitrogen and oxygen atoms in total. The van der Waals surface area contributed by atoms with E-state index in [0.717, 1.165) is 39.4 Å². The monoisotopic (exact) mass is 484 g/mol. The van der Waals surface area contributed by atoms with E-state index in [1.807, 2.05) is 43.6 Å².